The van der Waals surface area contributed by atoms with E-state index in [-0.39, 0.29) is 18.5 Å². The first-order chi connectivity index (χ1) is 9.95. The second-order valence-corrected chi connectivity index (χ2v) is 7.03. The van der Waals surface area contributed by atoms with Gasteiger partial charge >= 0.3 is 12.0 Å². The lowest BCUT2D eigenvalue weighted by Crippen LogP contribution is -2.48. The highest BCUT2D eigenvalue weighted by molar-refractivity contribution is 9.10. The Balaban J connectivity index is 2.08. The number of urea groups is 1. The molecule has 1 saturated heterocycles. The van der Waals surface area contributed by atoms with Crippen molar-refractivity contribution in [3.8, 4) is 0 Å². The average Bonchev–Trinajstić information content (AvgIpc) is 2.37. The molecule has 2 amide bonds. The van der Waals surface area contributed by atoms with E-state index >= 15 is 0 Å². The third-order valence-electron chi connectivity index (χ3n) is 3.19. The Morgan fingerprint density at radius 2 is 2.24 bits per heavy atom. The highest BCUT2D eigenvalue weighted by Crippen LogP contribution is 2.22. The van der Waals surface area contributed by atoms with Gasteiger partial charge in [0.05, 0.1) is 12.5 Å². The summed E-state index contributed by atoms with van der Waals surface area (Å²) in [4.78, 5) is 24.9. The molecule has 114 valence electrons. The number of amides is 2. The van der Waals surface area contributed by atoms with Crippen LogP contribution >= 0.6 is 27.7 Å². The third-order valence-corrected chi connectivity index (χ3v) is 4.74. The van der Waals surface area contributed by atoms with E-state index in [0.29, 0.717) is 18.0 Å². The minimum Gasteiger partial charge on any atom is -0.481 e. The zero-order valence-electron chi connectivity index (χ0n) is 11.6. The van der Waals surface area contributed by atoms with E-state index in [1.807, 2.05) is 25.1 Å². The molecule has 1 aromatic rings. The van der Waals surface area contributed by atoms with Crippen LogP contribution in [0.15, 0.2) is 22.7 Å². The predicted octanol–water partition coefficient (Wildman–Crippen LogP) is 3.18. The molecule has 0 radical (unpaired) electrons. The maximum atomic E-state index is 12.4. The molecule has 0 saturated carbocycles. The summed E-state index contributed by atoms with van der Waals surface area (Å²) in [6, 6.07) is 5.18. The quantitative estimate of drug-likeness (QED) is 0.854. The number of hydrogen-bond acceptors (Lipinski definition) is 3. The van der Waals surface area contributed by atoms with Gasteiger partial charge in [-0.15, -0.1) is 0 Å². The van der Waals surface area contributed by atoms with E-state index < -0.39 is 5.97 Å². The topological polar surface area (TPSA) is 69.6 Å². The molecule has 0 bridgehead atoms. The number of rotatable bonds is 3. The van der Waals surface area contributed by atoms with Gasteiger partial charge in [-0.25, -0.2) is 4.79 Å². The van der Waals surface area contributed by atoms with Crippen molar-refractivity contribution in [2.24, 2.45) is 0 Å². The van der Waals surface area contributed by atoms with E-state index in [2.05, 4.69) is 21.2 Å². The average molecular weight is 373 g/mol. The van der Waals surface area contributed by atoms with E-state index in [1.165, 1.54) is 0 Å². The highest BCUT2D eigenvalue weighted by atomic mass is 79.9. The molecule has 7 heteroatoms. The molecule has 1 fully saturated rings. The SMILES string of the molecule is Cc1cc(Br)cc(NC(=O)N2CCSCC2CC(=O)O)c1. The number of carboxylic acids is 1. The summed E-state index contributed by atoms with van der Waals surface area (Å²) in [7, 11) is 0. The molecule has 0 aromatic heterocycles. The molecule has 0 spiro atoms. The van der Waals surface area contributed by atoms with Gasteiger partial charge < -0.3 is 15.3 Å². The van der Waals surface area contributed by atoms with Gasteiger partial charge in [-0.2, -0.15) is 11.8 Å². The Morgan fingerprint density at radius 1 is 1.48 bits per heavy atom. The van der Waals surface area contributed by atoms with Crippen molar-refractivity contribution in [1.29, 1.82) is 0 Å². The third kappa shape index (κ3) is 4.64. The molecule has 1 heterocycles. The predicted molar refractivity (Wildman–Crippen MR) is 88.0 cm³/mol. The second kappa shape index (κ2) is 7.17. The number of aliphatic carboxylic acids is 1. The molecule has 21 heavy (non-hydrogen) atoms. The molecular formula is C14H17BrN2O3S. The number of carbonyl (C=O) groups is 2. The van der Waals surface area contributed by atoms with Crippen molar-refractivity contribution in [3.05, 3.63) is 28.2 Å². The Morgan fingerprint density at radius 3 is 2.90 bits per heavy atom. The van der Waals surface area contributed by atoms with Crippen molar-refractivity contribution >= 4 is 45.4 Å². The number of hydrogen-bond donors (Lipinski definition) is 2. The summed E-state index contributed by atoms with van der Waals surface area (Å²) >= 11 is 5.08. The van der Waals surface area contributed by atoms with Crippen molar-refractivity contribution < 1.29 is 14.7 Å². The zero-order valence-corrected chi connectivity index (χ0v) is 14.0. The molecule has 5 nitrogen and oxygen atoms in total. The number of benzene rings is 1. The fraction of sp³-hybridized carbons (Fsp3) is 0.429. The van der Waals surface area contributed by atoms with Crippen LogP contribution in [0.3, 0.4) is 0 Å². The van der Waals surface area contributed by atoms with Crippen molar-refractivity contribution in [2.75, 3.05) is 23.4 Å². The molecule has 0 aliphatic carbocycles. The summed E-state index contributed by atoms with van der Waals surface area (Å²) in [5, 5.41) is 11.8. The summed E-state index contributed by atoms with van der Waals surface area (Å²) in [6.45, 7) is 2.52. The van der Waals surface area contributed by atoms with Crippen molar-refractivity contribution in [2.45, 2.75) is 19.4 Å². The number of anilines is 1. The van der Waals surface area contributed by atoms with Gasteiger partial charge in [0.25, 0.3) is 0 Å². The first kappa shape index (κ1) is 16.2. The lowest BCUT2D eigenvalue weighted by Gasteiger charge is -2.34. The molecule has 1 aromatic carbocycles. The van der Waals surface area contributed by atoms with Gasteiger partial charge in [-0.1, -0.05) is 15.9 Å². The smallest absolute Gasteiger partial charge is 0.322 e. The van der Waals surface area contributed by atoms with Crippen LogP contribution in [0.2, 0.25) is 0 Å². The maximum Gasteiger partial charge on any atom is 0.322 e. The van der Waals surface area contributed by atoms with Gasteiger partial charge in [-0.3, -0.25) is 4.79 Å². The zero-order chi connectivity index (χ0) is 15.4. The number of thioether (sulfide) groups is 1. The van der Waals surface area contributed by atoms with Crippen LogP contribution in [0.4, 0.5) is 10.5 Å². The number of halogens is 1. The molecule has 2 N–H and O–H groups in total. The van der Waals surface area contributed by atoms with Crippen LogP contribution in [0.25, 0.3) is 0 Å². The fourth-order valence-corrected chi connectivity index (χ4v) is 3.97. The number of nitrogens with one attached hydrogen (secondary N) is 1. The van der Waals surface area contributed by atoms with Crippen molar-refractivity contribution in [1.82, 2.24) is 4.90 Å². The molecule has 1 unspecified atom stereocenters. The largest absolute Gasteiger partial charge is 0.481 e. The lowest BCUT2D eigenvalue weighted by molar-refractivity contribution is -0.137. The maximum absolute atomic E-state index is 12.4. The van der Waals surface area contributed by atoms with Crippen LogP contribution < -0.4 is 5.32 Å². The van der Waals surface area contributed by atoms with Gasteiger partial charge in [0.2, 0.25) is 0 Å². The van der Waals surface area contributed by atoms with Gasteiger partial charge in [0, 0.05) is 28.2 Å². The molecule has 2 rings (SSSR count). The van der Waals surface area contributed by atoms with Crippen LogP contribution in [-0.2, 0) is 4.79 Å². The van der Waals surface area contributed by atoms with Gasteiger partial charge in [-0.05, 0) is 30.7 Å². The Hall–Kier alpha value is -1.21. The monoisotopic (exact) mass is 372 g/mol. The number of carboxylic acid groups (broad SMARTS) is 1. The summed E-state index contributed by atoms with van der Waals surface area (Å²) in [6.07, 6.45) is -0.0159. The van der Waals surface area contributed by atoms with Crippen LogP contribution in [0.1, 0.15) is 12.0 Å². The summed E-state index contributed by atoms with van der Waals surface area (Å²) in [5.74, 6) is 0.622. The number of carbonyl (C=O) groups excluding carboxylic acids is 1. The van der Waals surface area contributed by atoms with Crippen molar-refractivity contribution in [3.63, 3.8) is 0 Å². The molecular weight excluding hydrogens is 356 g/mol. The summed E-state index contributed by atoms with van der Waals surface area (Å²) < 4.78 is 0.897. The number of nitrogens with zero attached hydrogens (tertiary/aromatic N) is 1. The van der Waals surface area contributed by atoms with Crippen LogP contribution in [0, 0.1) is 6.92 Å². The number of aryl methyl sites for hydroxylation is 1. The highest BCUT2D eigenvalue weighted by Gasteiger charge is 2.28. The molecule has 1 aliphatic rings. The van der Waals surface area contributed by atoms with Crippen LogP contribution in [0.5, 0.6) is 0 Å². The standard InChI is InChI=1S/C14H17BrN2O3S/c1-9-4-10(15)6-11(5-9)16-14(20)17-2-3-21-8-12(17)7-13(18)19/h4-6,12H,2-3,7-8H2,1H3,(H,16,20)(H,18,19). The van der Waals surface area contributed by atoms with E-state index in [1.54, 1.807) is 16.7 Å². The first-order valence-corrected chi connectivity index (χ1v) is 8.55. The normalized spacial score (nSPS) is 18.4. The molecule has 1 atom stereocenters. The fourth-order valence-electron chi connectivity index (χ4n) is 2.30. The van der Waals surface area contributed by atoms with Gasteiger partial charge in [0.1, 0.15) is 0 Å². The Bertz CT molecular complexity index is 533. The van der Waals surface area contributed by atoms with Gasteiger partial charge in [0.15, 0.2) is 0 Å². The summed E-state index contributed by atoms with van der Waals surface area (Å²) in [5.41, 5.74) is 1.75. The minimum atomic E-state index is -0.876. The van der Waals surface area contributed by atoms with E-state index in [4.69, 9.17) is 5.11 Å². The second-order valence-electron chi connectivity index (χ2n) is 4.97. The van der Waals surface area contributed by atoms with E-state index in [9.17, 15) is 9.59 Å². The van der Waals surface area contributed by atoms with E-state index in [0.717, 1.165) is 15.8 Å². The lowest BCUT2D eigenvalue weighted by atomic mass is 10.2. The molecule has 1 aliphatic heterocycles. The first-order valence-electron chi connectivity index (χ1n) is 6.60. The Kier molecular flexibility index (Phi) is 5.52. The Labute approximate surface area is 136 Å². The minimum absolute atomic E-state index is 0.0159. The van der Waals surface area contributed by atoms with Crippen LogP contribution in [-0.4, -0.2) is 46.1 Å².